The van der Waals surface area contributed by atoms with Crippen molar-refractivity contribution < 1.29 is 19.8 Å². The van der Waals surface area contributed by atoms with E-state index in [2.05, 4.69) is 4.72 Å². The maximum Gasteiger partial charge on any atom is 0.322 e. The molecule has 1 rings (SSSR count). The molecule has 0 aromatic heterocycles. The van der Waals surface area contributed by atoms with Gasteiger partial charge in [-0.2, -0.15) is 0 Å². The fourth-order valence-corrected chi connectivity index (χ4v) is 2.30. The third-order valence-corrected chi connectivity index (χ3v) is 3.35. The highest BCUT2D eigenvalue weighted by Crippen LogP contribution is 2.10. The summed E-state index contributed by atoms with van der Waals surface area (Å²) in [7, 11) is 0. The van der Waals surface area contributed by atoms with Crippen molar-refractivity contribution in [1.29, 1.82) is 0 Å². The van der Waals surface area contributed by atoms with E-state index in [1.807, 2.05) is 30.3 Å². The van der Waals surface area contributed by atoms with Crippen LogP contribution in [0.3, 0.4) is 0 Å². The normalized spacial score (nSPS) is 11.8. The molecule has 1 atom stereocenters. The molecule has 0 aliphatic heterocycles. The summed E-state index contributed by atoms with van der Waals surface area (Å²) in [6.07, 6.45) is 0.0313. The Labute approximate surface area is 120 Å². The second-order valence-electron chi connectivity index (χ2n) is 3.74. The number of aliphatic carboxylic acids is 2. The number of hydrogen-bond acceptors (Lipinski definition) is 5. The van der Waals surface area contributed by atoms with E-state index >= 15 is 0 Å². The van der Waals surface area contributed by atoms with Crippen LogP contribution in [-0.2, 0) is 16.0 Å². The van der Waals surface area contributed by atoms with E-state index in [4.69, 9.17) is 22.4 Å². The largest absolute Gasteiger partial charge is 0.481 e. The van der Waals surface area contributed by atoms with Gasteiger partial charge >= 0.3 is 11.9 Å². The third-order valence-electron chi connectivity index (χ3n) is 2.18. The minimum absolute atomic E-state index is 0.490. The van der Waals surface area contributed by atoms with Gasteiger partial charge in [-0.15, -0.1) is 0 Å². The summed E-state index contributed by atoms with van der Waals surface area (Å²) >= 11 is 6.10. The van der Waals surface area contributed by atoms with Crippen LogP contribution >= 0.6 is 24.2 Å². The van der Waals surface area contributed by atoms with E-state index < -0.39 is 24.4 Å². The fourth-order valence-electron chi connectivity index (χ4n) is 1.29. The van der Waals surface area contributed by atoms with Crippen molar-refractivity contribution >= 4 is 40.3 Å². The van der Waals surface area contributed by atoms with Gasteiger partial charge in [0.05, 0.1) is 10.6 Å². The molecule has 0 radical (unpaired) electrons. The number of thiocarbonyl (C=S) groups is 1. The second kappa shape index (κ2) is 7.88. The number of rotatable bonds is 7. The zero-order chi connectivity index (χ0) is 14.3. The molecule has 19 heavy (non-hydrogen) atoms. The van der Waals surface area contributed by atoms with Crippen molar-refractivity contribution in [2.45, 2.75) is 18.9 Å². The molecule has 1 aromatic carbocycles. The molecule has 0 aliphatic rings. The first-order valence-electron chi connectivity index (χ1n) is 5.42. The van der Waals surface area contributed by atoms with Crippen LogP contribution in [0.25, 0.3) is 0 Å². The number of carboxylic acid groups (broad SMARTS) is 2. The molecule has 1 unspecified atom stereocenters. The standard InChI is InChI=1S/C12H13NO4S2/c14-10(15)7-9(12(16)17)13-19-11(18)6-8-4-2-1-3-5-8/h1-5,9,13H,6-7H2,(H,14,15)(H,16,17). The molecular weight excluding hydrogens is 286 g/mol. The molecule has 5 nitrogen and oxygen atoms in total. The van der Waals surface area contributed by atoms with E-state index in [-0.39, 0.29) is 0 Å². The second-order valence-corrected chi connectivity index (χ2v) is 5.43. The molecule has 1 aromatic rings. The highest BCUT2D eigenvalue weighted by Gasteiger charge is 2.21. The van der Waals surface area contributed by atoms with Crippen molar-refractivity contribution in [3.8, 4) is 0 Å². The van der Waals surface area contributed by atoms with E-state index in [0.29, 0.717) is 10.6 Å². The van der Waals surface area contributed by atoms with Gasteiger partial charge in [0.15, 0.2) is 0 Å². The van der Waals surface area contributed by atoms with E-state index in [0.717, 1.165) is 17.5 Å². The first kappa shape index (κ1) is 15.6. The minimum Gasteiger partial charge on any atom is -0.481 e. The van der Waals surface area contributed by atoms with Crippen molar-refractivity contribution in [2.24, 2.45) is 0 Å². The third kappa shape index (κ3) is 6.32. The van der Waals surface area contributed by atoms with Crippen molar-refractivity contribution in [2.75, 3.05) is 0 Å². The molecule has 0 bridgehead atoms. The monoisotopic (exact) mass is 299 g/mol. The molecule has 102 valence electrons. The lowest BCUT2D eigenvalue weighted by molar-refractivity contribution is -0.145. The van der Waals surface area contributed by atoms with Crippen LogP contribution in [0.4, 0.5) is 0 Å². The van der Waals surface area contributed by atoms with Crippen molar-refractivity contribution in [1.82, 2.24) is 4.72 Å². The number of nitrogens with one attached hydrogen (secondary N) is 1. The van der Waals surface area contributed by atoms with Gasteiger partial charge in [-0.05, 0) is 17.5 Å². The van der Waals surface area contributed by atoms with Gasteiger partial charge in [0, 0.05) is 6.42 Å². The Hall–Kier alpha value is -1.44. The topological polar surface area (TPSA) is 86.6 Å². The lowest BCUT2D eigenvalue weighted by atomic mass is 10.2. The van der Waals surface area contributed by atoms with Crippen LogP contribution in [0.5, 0.6) is 0 Å². The summed E-state index contributed by atoms with van der Waals surface area (Å²) in [5.41, 5.74) is 1.02. The first-order valence-corrected chi connectivity index (χ1v) is 6.65. The van der Waals surface area contributed by atoms with Gasteiger partial charge < -0.3 is 10.2 Å². The van der Waals surface area contributed by atoms with E-state index in [1.165, 1.54) is 0 Å². The maximum absolute atomic E-state index is 10.8. The molecule has 3 N–H and O–H groups in total. The molecule has 0 fully saturated rings. The molecule has 0 heterocycles. The zero-order valence-electron chi connectivity index (χ0n) is 9.91. The summed E-state index contributed by atoms with van der Waals surface area (Å²) in [5, 5.41) is 17.4. The predicted octanol–water partition coefficient (Wildman–Crippen LogP) is 1.72. The molecule has 0 saturated carbocycles. The smallest absolute Gasteiger partial charge is 0.322 e. The predicted molar refractivity (Wildman–Crippen MR) is 77.1 cm³/mol. The number of carbonyl (C=O) groups is 2. The SMILES string of the molecule is O=C(O)CC(NSC(=S)Cc1ccccc1)C(=O)O. The van der Waals surface area contributed by atoms with Gasteiger partial charge in [0.2, 0.25) is 0 Å². The summed E-state index contributed by atoms with van der Waals surface area (Å²) in [6.45, 7) is 0. The summed E-state index contributed by atoms with van der Waals surface area (Å²) in [6, 6.07) is 8.35. The van der Waals surface area contributed by atoms with Gasteiger partial charge in [0.1, 0.15) is 6.04 Å². The molecule has 7 heteroatoms. The van der Waals surface area contributed by atoms with E-state index in [1.54, 1.807) is 0 Å². The van der Waals surface area contributed by atoms with Crippen LogP contribution in [0.1, 0.15) is 12.0 Å². The quantitative estimate of drug-likeness (QED) is 0.522. The first-order chi connectivity index (χ1) is 8.99. The highest BCUT2D eigenvalue weighted by atomic mass is 32.2. The van der Waals surface area contributed by atoms with Crippen LogP contribution in [0, 0.1) is 0 Å². The summed E-state index contributed by atoms with van der Waals surface area (Å²) < 4.78 is 3.12. The lowest BCUT2D eigenvalue weighted by Crippen LogP contribution is -2.35. The number of carboxylic acids is 2. The maximum atomic E-state index is 10.8. The number of hydrogen-bond donors (Lipinski definition) is 3. The molecule has 0 aliphatic carbocycles. The van der Waals surface area contributed by atoms with Gasteiger partial charge in [-0.25, -0.2) is 4.72 Å². The minimum atomic E-state index is -1.21. The number of benzene rings is 1. The zero-order valence-corrected chi connectivity index (χ0v) is 11.5. The van der Waals surface area contributed by atoms with Gasteiger partial charge in [-0.1, -0.05) is 42.5 Å². The summed E-state index contributed by atoms with van der Waals surface area (Å²) in [4.78, 5) is 21.3. The van der Waals surface area contributed by atoms with Crippen molar-refractivity contribution in [3.63, 3.8) is 0 Å². The molecule has 0 amide bonds. The average molecular weight is 299 g/mol. The Morgan fingerprint density at radius 3 is 2.42 bits per heavy atom. The Morgan fingerprint density at radius 2 is 1.89 bits per heavy atom. The Bertz CT molecular complexity index is 464. The van der Waals surface area contributed by atoms with E-state index in [9.17, 15) is 9.59 Å². The Morgan fingerprint density at radius 1 is 1.26 bits per heavy atom. The Balaban J connectivity index is 2.44. The van der Waals surface area contributed by atoms with Crippen LogP contribution in [0.2, 0.25) is 0 Å². The highest BCUT2D eigenvalue weighted by molar-refractivity contribution is 8.21. The summed E-state index contributed by atoms with van der Waals surface area (Å²) in [5.74, 6) is -2.38. The van der Waals surface area contributed by atoms with Crippen molar-refractivity contribution in [3.05, 3.63) is 35.9 Å². The Kier molecular flexibility index (Phi) is 6.48. The molecule has 0 saturated heterocycles. The fraction of sp³-hybridized carbons (Fsp3) is 0.250. The van der Waals surface area contributed by atoms with Crippen LogP contribution < -0.4 is 4.72 Å². The van der Waals surface area contributed by atoms with Crippen LogP contribution in [-0.4, -0.2) is 32.4 Å². The van der Waals surface area contributed by atoms with Gasteiger partial charge in [-0.3, -0.25) is 9.59 Å². The molecular formula is C12H13NO4S2. The van der Waals surface area contributed by atoms with Crippen LogP contribution in [0.15, 0.2) is 30.3 Å². The molecule has 0 spiro atoms. The average Bonchev–Trinajstić information content (AvgIpc) is 2.35. The van der Waals surface area contributed by atoms with Gasteiger partial charge in [0.25, 0.3) is 0 Å². The lowest BCUT2D eigenvalue weighted by Gasteiger charge is -2.11.